The lowest BCUT2D eigenvalue weighted by Gasteiger charge is -2.07. The third-order valence-corrected chi connectivity index (χ3v) is 4.21. The Morgan fingerprint density at radius 3 is 2.76 bits per heavy atom. The zero-order valence-corrected chi connectivity index (χ0v) is 12.7. The van der Waals surface area contributed by atoms with Gasteiger partial charge in [-0.2, -0.15) is 0 Å². The lowest BCUT2D eigenvalue weighted by Crippen LogP contribution is -2.16. The van der Waals surface area contributed by atoms with E-state index < -0.39 is 15.9 Å². The van der Waals surface area contributed by atoms with Crippen molar-refractivity contribution in [2.75, 3.05) is 12.0 Å². The molecule has 2 aromatic rings. The molecule has 0 aliphatic carbocycles. The van der Waals surface area contributed by atoms with Crippen LogP contribution in [0.3, 0.4) is 0 Å². The third-order valence-electron chi connectivity index (χ3n) is 3.23. The summed E-state index contributed by atoms with van der Waals surface area (Å²) >= 11 is 0. The van der Waals surface area contributed by atoms with Crippen LogP contribution in [0.15, 0.2) is 24.4 Å². The maximum atomic E-state index is 13.6. The van der Waals surface area contributed by atoms with Gasteiger partial charge in [0.15, 0.2) is 0 Å². The summed E-state index contributed by atoms with van der Waals surface area (Å²) in [6, 6.07) is 4.41. The van der Waals surface area contributed by atoms with Gasteiger partial charge in [-0.25, -0.2) is 17.8 Å². The minimum Gasteiger partial charge on any atom is -0.341 e. The number of halogens is 1. The number of rotatable bonds is 5. The van der Waals surface area contributed by atoms with Gasteiger partial charge in [0.25, 0.3) is 0 Å². The van der Waals surface area contributed by atoms with E-state index in [1.165, 1.54) is 12.3 Å². The number of benzene rings is 1. The number of nitrogens with two attached hydrogens (primary N) is 1. The summed E-state index contributed by atoms with van der Waals surface area (Å²) in [5.74, 6) is 0.211. The number of aromatic nitrogens is 2. The first kappa shape index (κ1) is 15.7. The number of nitrogens with one attached hydrogen (secondary N) is 1. The lowest BCUT2D eigenvalue weighted by atomic mass is 10.1. The van der Waals surface area contributed by atoms with Crippen molar-refractivity contribution in [1.82, 2.24) is 9.97 Å². The molecule has 0 radical (unpaired) electrons. The Bertz CT molecular complexity index is 740. The lowest BCUT2D eigenvalue weighted by molar-refractivity contribution is 0.587. The fourth-order valence-corrected chi connectivity index (χ4v) is 2.59. The molecule has 0 saturated carbocycles. The van der Waals surface area contributed by atoms with Crippen LogP contribution >= 0.6 is 0 Å². The zero-order chi connectivity index (χ0) is 15.6. The Morgan fingerprint density at radius 1 is 1.43 bits per heavy atom. The topological polar surface area (TPSA) is 88.8 Å². The molecule has 0 spiro atoms. The van der Waals surface area contributed by atoms with Gasteiger partial charge in [0, 0.05) is 11.8 Å². The third kappa shape index (κ3) is 4.12. The normalized spacial score (nSPS) is 13.3. The van der Waals surface area contributed by atoms with Gasteiger partial charge < -0.3 is 10.7 Å². The fourth-order valence-electron chi connectivity index (χ4n) is 1.91. The predicted octanol–water partition coefficient (Wildman–Crippen LogP) is 1.96. The zero-order valence-electron chi connectivity index (χ0n) is 11.9. The monoisotopic (exact) mass is 311 g/mol. The minimum absolute atomic E-state index is 0.00333. The number of aryl methyl sites for hydroxylation is 1. The number of imidazole rings is 1. The summed E-state index contributed by atoms with van der Waals surface area (Å²) < 4.78 is 35.8. The maximum absolute atomic E-state index is 13.6. The van der Waals surface area contributed by atoms with E-state index in [0.717, 1.165) is 0 Å². The summed E-state index contributed by atoms with van der Waals surface area (Å²) in [5.41, 5.74) is 7.81. The van der Waals surface area contributed by atoms with Gasteiger partial charge in [-0.15, -0.1) is 0 Å². The number of hydrogen-bond donors (Lipinski definition) is 2. The van der Waals surface area contributed by atoms with Gasteiger partial charge in [0.1, 0.15) is 21.5 Å². The summed E-state index contributed by atoms with van der Waals surface area (Å²) in [6.07, 6.45) is 3.02. The van der Waals surface area contributed by atoms with Gasteiger partial charge in [0.2, 0.25) is 0 Å². The molecule has 0 saturated heterocycles. The molecule has 1 atom stereocenters. The van der Waals surface area contributed by atoms with E-state index in [4.69, 9.17) is 5.73 Å². The second-order valence-corrected chi connectivity index (χ2v) is 7.43. The van der Waals surface area contributed by atoms with Gasteiger partial charge >= 0.3 is 0 Å². The average molecular weight is 311 g/mol. The van der Waals surface area contributed by atoms with Crippen LogP contribution < -0.4 is 5.73 Å². The van der Waals surface area contributed by atoms with Crippen LogP contribution in [-0.4, -0.2) is 30.4 Å². The molecule has 5 nitrogen and oxygen atoms in total. The van der Waals surface area contributed by atoms with Crippen molar-refractivity contribution in [2.24, 2.45) is 5.73 Å². The Labute approximate surface area is 123 Å². The standard InChI is InChI=1S/C14H18FN3O2S/c1-9-3-4-10(7-11(9)15)13-8-17-14(18-13)12(16)5-6-21(2,19)20/h3-4,7-8,12H,5-6,16H2,1-2H3,(H,17,18). The molecule has 1 heterocycles. The van der Waals surface area contributed by atoms with Crippen LogP contribution in [0.2, 0.25) is 0 Å². The molecule has 7 heteroatoms. The maximum Gasteiger partial charge on any atom is 0.147 e. The minimum atomic E-state index is -3.05. The summed E-state index contributed by atoms with van der Waals surface area (Å²) in [6.45, 7) is 1.69. The molecule has 21 heavy (non-hydrogen) atoms. The quantitative estimate of drug-likeness (QED) is 0.883. The first-order chi connectivity index (χ1) is 9.76. The van der Waals surface area contributed by atoms with Gasteiger partial charge in [0.05, 0.1) is 23.7 Å². The van der Waals surface area contributed by atoms with E-state index in [2.05, 4.69) is 9.97 Å². The molecular weight excluding hydrogens is 293 g/mol. The molecule has 0 fully saturated rings. The molecule has 3 N–H and O–H groups in total. The van der Waals surface area contributed by atoms with Crippen molar-refractivity contribution >= 4 is 9.84 Å². The molecule has 114 valence electrons. The highest BCUT2D eigenvalue weighted by Gasteiger charge is 2.14. The van der Waals surface area contributed by atoms with Crippen LogP contribution in [0, 0.1) is 12.7 Å². The summed E-state index contributed by atoms with van der Waals surface area (Å²) in [7, 11) is -3.05. The summed E-state index contributed by atoms with van der Waals surface area (Å²) in [5, 5.41) is 0. The smallest absolute Gasteiger partial charge is 0.147 e. The number of H-pyrrole nitrogens is 1. The number of hydrogen-bond acceptors (Lipinski definition) is 4. The fraction of sp³-hybridized carbons (Fsp3) is 0.357. The van der Waals surface area contributed by atoms with Crippen LogP contribution in [0.4, 0.5) is 4.39 Å². The number of aromatic amines is 1. The van der Waals surface area contributed by atoms with Gasteiger partial charge in [-0.1, -0.05) is 12.1 Å². The molecule has 0 aliphatic heterocycles. The first-order valence-corrected chi connectivity index (χ1v) is 8.57. The van der Waals surface area contributed by atoms with Crippen molar-refractivity contribution in [1.29, 1.82) is 0 Å². The first-order valence-electron chi connectivity index (χ1n) is 6.51. The number of sulfone groups is 1. The van der Waals surface area contributed by atoms with Crippen LogP contribution in [0.5, 0.6) is 0 Å². The van der Waals surface area contributed by atoms with E-state index in [1.54, 1.807) is 25.3 Å². The second kappa shape index (κ2) is 5.95. The van der Waals surface area contributed by atoms with E-state index in [1.807, 2.05) is 0 Å². The van der Waals surface area contributed by atoms with Gasteiger partial charge in [-0.05, 0) is 25.0 Å². The molecule has 0 aliphatic rings. The Kier molecular flexibility index (Phi) is 4.43. The van der Waals surface area contributed by atoms with Crippen molar-refractivity contribution in [3.63, 3.8) is 0 Å². The van der Waals surface area contributed by atoms with Crippen LogP contribution in [0.1, 0.15) is 23.9 Å². The van der Waals surface area contributed by atoms with Gasteiger partial charge in [-0.3, -0.25) is 0 Å². The molecule has 2 rings (SSSR count). The van der Waals surface area contributed by atoms with Crippen molar-refractivity contribution < 1.29 is 12.8 Å². The van der Waals surface area contributed by atoms with Crippen molar-refractivity contribution in [2.45, 2.75) is 19.4 Å². The molecule has 1 unspecified atom stereocenters. The Hall–Kier alpha value is -1.73. The van der Waals surface area contributed by atoms with Crippen molar-refractivity contribution in [3.8, 4) is 11.3 Å². The summed E-state index contributed by atoms with van der Waals surface area (Å²) in [4.78, 5) is 7.16. The van der Waals surface area contributed by atoms with E-state index in [-0.39, 0.29) is 18.0 Å². The average Bonchev–Trinajstić information content (AvgIpc) is 2.88. The van der Waals surface area contributed by atoms with E-state index in [0.29, 0.717) is 22.6 Å². The Balaban J connectivity index is 2.15. The predicted molar refractivity (Wildman–Crippen MR) is 80.0 cm³/mol. The van der Waals surface area contributed by atoms with Crippen LogP contribution in [-0.2, 0) is 9.84 Å². The molecule has 0 amide bonds. The van der Waals surface area contributed by atoms with E-state index >= 15 is 0 Å². The second-order valence-electron chi connectivity index (χ2n) is 5.17. The molecule has 0 bridgehead atoms. The molecule has 1 aromatic carbocycles. The van der Waals surface area contributed by atoms with E-state index in [9.17, 15) is 12.8 Å². The number of nitrogens with zero attached hydrogens (tertiary/aromatic N) is 1. The Morgan fingerprint density at radius 2 is 2.14 bits per heavy atom. The highest BCUT2D eigenvalue weighted by Crippen LogP contribution is 2.22. The molecule has 1 aromatic heterocycles. The van der Waals surface area contributed by atoms with Crippen molar-refractivity contribution in [3.05, 3.63) is 41.6 Å². The highest BCUT2D eigenvalue weighted by molar-refractivity contribution is 7.90. The van der Waals surface area contributed by atoms with Crippen LogP contribution in [0.25, 0.3) is 11.3 Å². The largest absolute Gasteiger partial charge is 0.341 e. The SMILES string of the molecule is Cc1ccc(-c2cnc(C(N)CCS(C)(=O)=O)[nH]2)cc1F. The highest BCUT2D eigenvalue weighted by atomic mass is 32.2. The molecular formula is C14H18FN3O2S.